The fourth-order valence-corrected chi connectivity index (χ4v) is 5.44. The molecule has 2 N–H and O–H groups in total. The molecule has 2 aromatic carbocycles. The summed E-state index contributed by atoms with van der Waals surface area (Å²) < 4.78 is 3.53. The van der Waals surface area contributed by atoms with Crippen molar-refractivity contribution in [3.05, 3.63) is 90.0 Å². The Kier molecular flexibility index (Phi) is 9.78. The lowest BCUT2D eigenvalue weighted by atomic mass is 9.97. The van der Waals surface area contributed by atoms with E-state index in [1.165, 1.54) is 0 Å². The fraction of sp³-hybridized carbons (Fsp3) is 0.406. The highest BCUT2D eigenvalue weighted by molar-refractivity contribution is 5.95. The molecule has 0 saturated heterocycles. The summed E-state index contributed by atoms with van der Waals surface area (Å²) in [6.45, 7) is 6.85. The van der Waals surface area contributed by atoms with Gasteiger partial charge in [0.2, 0.25) is 11.8 Å². The summed E-state index contributed by atoms with van der Waals surface area (Å²) >= 11 is 0. The first-order valence-electron chi connectivity index (χ1n) is 15.1. The number of nitrogens with zero attached hydrogens (tertiary/aromatic N) is 7. The maximum absolute atomic E-state index is 13.9. The van der Waals surface area contributed by atoms with E-state index < -0.39 is 12.1 Å². The van der Waals surface area contributed by atoms with Crippen molar-refractivity contribution in [2.45, 2.75) is 65.1 Å². The molecule has 1 aliphatic rings. The van der Waals surface area contributed by atoms with Gasteiger partial charge in [-0.2, -0.15) is 5.10 Å². The number of nitrogens with one attached hydrogen (secondary N) is 2. The third-order valence-corrected chi connectivity index (χ3v) is 8.04. The second-order valence-electron chi connectivity index (χ2n) is 11.2. The highest BCUT2D eigenvalue weighted by Crippen LogP contribution is 2.20. The lowest BCUT2D eigenvalue weighted by Crippen LogP contribution is -2.51. The second-order valence-corrected chi connectivity index (χ2v) is 11.2. The smallest absolute Gasteiger partial charge is 0.253 e. The summed E-state index contributed by atoms with van der Waals surface area (Å²) in [6, 6.07) is 16.0. The molecule has 3 amide bonds. The molecule has 12 heteroatoms. The molecule has 4 aromatic rings. The molecule has 0 spiro atoms. The van der Waals surface area contributed by atoms with Crippen molar-refractivity contribution in [2.75, 3.05) is 13.1 Å². The van der Waals surface area contributed by atoms with Crippen molar-refractivity contribution in [3.63, 3.8) is 0 Å². The van der Waals surface area contributed by atoms with Gasteiger partial charge in [-0.3, -0.25) is 19.0 Å². The molecule has 0 fully saturated rings. The molecule has 230 valence electrons. The summed E-state index contributed by atoms with van der Waals surface area (Å²) in [7, 11) is 0. The minimum atomic E-state index is -0.704. The molecule has 0 radical (unpaired) electrons. The fourth-order valence-electron chi connectivity index (χ4n) is 5.44. The van der Waals surface area contributed by atoms with Crippen LogP contribution in [-0.4, -0.2) is 71.3 Å². The van der Waals surface area contributed by atoms with E-state index in [1.807, 2.05) is 63.2 Å². The van der Waals surface area contributed by atoms with E-state index in [4.69, 9.17) is 4.98 Å². The molecule has 44 heavy (non-hydrogen) atoms. The molecular formula is C32H39N9O3. The van der Waals surface area contributed by atoms with E-state index >= 15 is 0 Å². The van der Waals surface area contributed by atoms with Crippen LogP contribution in [0.1, 0.15) is 66.7 Å². The van der Waals surface area contributed by atoms with Gasteiger partial charge in [0.25, 0.3) is 5.91 Å². The van der Waals surface area contributed by atoms with Crippen molar-refractivity contribution in [3.8, 4) is 5.69 Å². The zero-order valence-electron chi connectivity index (χ0n) is 25.4. The third kappa shape index (κ3) is 7.36. The van der Waals surface area contributed by atoms with E-state index in [2.05, 4.69) is 25.9 Å². The van der Waals surface area contributed by atoms with Crippen LogP contribution in [0, 0.1) is 12.8 Å². The van der Waals surface area contributed by atoms with Gasteiger partial charge in [-0.05, 0) is 49.4 Å². The number of aryl methyl sites for hydroxylation is 1. The van der Waals surface area contributed by atoms with Gasteiger partial charge in [0.15, 0.2) is 0 Å². The van der Waals surface area contributed by atoms with Gasteiger partial charge in [-0.15, -0.1) is 10.2 Å². The highest BCUT2D eigenvalue weighted by atomic mass is 16.2. The van der Waals surface area contributed by atoms with Gasteiger partial charge in [0.05, 0.1) is 12.6 Å². The molecule has 0 bridgehead atoms. The first-order chi connectivity index (χ1) is 21.3. The Bertz CT molecular complexity index is 1570. The number of hydrogen-bond acceptors (Lipinski definition) is 7. The van der Waals surface area contributed by atoms with E-state index in [0.717, 1.165) is 11.3 Å². The second kappa shape index (κ2) is 14.1. The van der Waals surface area contributed by atoms with Gasteiger partial charge in [0, 0.05) is 30.8 Å². The highest BCUT2D eigenvalue weighted by Gasteiger charge is 2.31. The predicted octanol–water partition coefficient (Wildman–Crippen LogP) is 3.03. The Hall–Kier alpha value is -4.87. The van der Waals surface area contributed by atoms with Crippen LogP contribution in [0.15, 0.2) is 67.3 Å². The number of benzene rings is 2. The largest absolute Gasteiger partial charge is 0.344 e. The normalized spacial score (nSPS) is 18.9. The van der Waals surface area contributed by atoms with Crippen molar-refractivity contribution in [1.82, 2.24) is 45.1 Å². The average Bonchev–Trinajstić information content (AvgIpc) is 3.71. The van der Waals surface area contributed by atoms with Crippen molar-refractivity contribution in [1.29, 1.82) is 0 Å². The van der Waals surface area contributed by atoms with Crippen LogP contribution >= 0.6 is 0 Å². The predicted molar refractivity (Wildman–Crippen MR) is 164 cm³/mol. The summed E-state index contributed by atoms with van der Waals surface area (Å²) in [6.07, 6.45) is 4.99. The molecule has 12 nitrogen and oxygen atoms in total. The number of carbonyl (C=O) groups is 3. The lowest BCUT2D eigenvalue weighted by Gasteiger charge is -2.28. The Morgan fingerprint density at radius 2 is 1.77 bits per heavy atom. The van der Waals surface area contributed by atoms with Gasteiger partial charge < -0.3 is 15.5 Å². The Balaban J connectivity index is 1.48. The van der Waals surface area contributed by atoms with Crippen LogP contribution in [0.4, 0.5) is 0 Å². The molecular weight excluding hydrogens is 558 g/mol. The van der Waals surface area contributed by atoms with Crippen LogP contribution in [-0.2, 0) is 22.6 Å². The molecule has 3 atom stereocenters. The quantitative estimate of drug-likeness (QED) is 0.348. The minimum Gasteiger partial charge on any atom is -0.344 e. The van der Waals surface area contributed by atoms with Crippen molar-refractivity contribution in [2.24, 2.45) is 5.92 Å². The number of fused-ring (bicyclic) bond motifs is 1. The molecule has 5 rings (SSSR count). The maximum Gasteiger partial charge on any atom is 0.253 e. The van der Waals surface area contributed by atoms with Gasteiger partial charge in [-0.1, -0.05) is 56.7 Å². The zero-order valence-corrected chi connectivity index (χ0v) is 25.4. The molecule has 2 aromatic heterocycles. The number of aromatic nitrogens is 6. The number of rotatable bonds is 6. The molecule has 1 aliphatic heterocycles. The zero-order chi connectivity index (χ0) is 31.1. The van der Waals surface area contributed by atoms with Gasteiger partial charge in [0.1, 0.15) is 30.3 Å². The average molecular weight is 598 g/mol. The lowest BCUT2D eigenvalue weighted by molar-refractivity contribution is -0.130. The summed E-state index contributed by atoms with van der Waals surface area (Å²) in [5, 5.41) is 18.5. The van der Waals surface area contributed by atoms with Crippen LogP contribution in [0.2, 0.25) is 0 Å². The number of amides is 3. The van der Waals surface area contributed by atoms with Gasteiger partial charge >= 0.3 is 0 Å². The molecule has 0 aliphatic carbocycles. The summed E-state index contributed by atoms with van der Waals surface area (Å²) in [5.74, 6) is 0.471. The van der Waals surface area contributed by atoms with Crippen LogP contribution < -0.4 is 10.6 Å². The number of hydrogen-bond donors (Lipinski definition) is 2. The SMILES string of the molecule is CC[C@H](C)[C@@H]1NC(=O)CCCN(C(=O)c2cccc(-n3cnnc3)c2)CCn2nc(C)nc2[C@H](Cc2ccccc2)NC1=O. The third-order valence-electron chi connectivity index (χ3n) is 8.04. The van der Waals surface area contributed by atoms with E-state index in [9.17, 15) is 14.4 Å². The van der Waals surface area contributed by atoms with E-state index in [-0.39, 0.29) is 30.1 Å². The molecule has 3 heterocycles. The number of carbonyl (C=O) groups excluding carboxylic acids is 3. The summed E-state index contributed by atoms with van der Waals surface area (Å²) in [5.41, 5.74) is 2.31. The Morgan fingerprint density at radius 3 is 2.52 bits per heavy atom. The van der Waals surface area contributed by atoms with Crippen LogP contribution in [0.3, 0.4) is 0 Å². The van der Waals surface area contributed by atoms with Crippen molar-refractivity contribution >= 4 is 17.7 Å². The monoisotopic (exact) mass is 597 g/mol. The Labute approximate surface area is 256 Å². The standard InChI is InChI=1S/C32H39N9O3/c1-4-22(2)29-31(43)36-27(18-24-10-6-5-7-11-24)30-35-23(3)38-41(30)17-16-39(15-9-14-28(42)37-29)32(44)25-12-8-13-26(19-25)40-20-33-34-21-40/h5-8,10-13,19-22,27,29H,4,9,14-18H2,1-3H3,(H,36,43)(H,37,42)/t22-,27-,29-/m0/s1. The van der Waals surface area contributed by atoms with E-state index in [1.54, 1.807) is 38.9 Å². The minimum absolute atomic E-state index is 0.0834. The van der Waals surface area contributed by atoms with Gasteiger partial charge in [-0.25, -0.2) is 9.67 Å². The van der Waals surface area contributed by atoms with Crippen molar-refractivity contribution < 1.29 is 14.4 Å². The molecule has 0 saturated carbocycles. The van der Waals surface area contributed by atoms with E-state index in [0.29, 0.717) is 56.1 Å². The van der Waals surface area contributed by atoms with Crippen LogP contribution in [0.5, 0.6) is 0 Å². The first kappa shape index (κ1) is 30.6. The first-order valence-corrected chi connectivity index (χ1v) is 15.1. The molecule has 0 unspecified atom stereocenters. The van der Waals surface area contributed by atoms with Crippen LogP contribution in [0.25, 0.3) is 5.69 Å². The topological polar surface area (TPSA) is 140 Å². The Morgan fingerprint density at radius 1 is 1.00 bits per heavy atom. The summed E-state index contributed by atoms with van der Waals surface area (Å²) in [4.78, 5) is 47.2. The maximum atomic E-state index is 13.9.